The molecule has 6 rings (SSSR count). The molecule has 0 heterocycles. The molecule has 6 aromatic carbocycles. The molecule has 2 atom stereocenters. The lowest BCUT2D eigenvalue weighted by molar-refractivity contribution is 0.152. The van der Waals surface area contributed by atoms with E-state index in [1.165, 1.54) is 55.6 Å². The molecule has 0 nitrogen and oxygen atoms in total. The standard InChI is InChI=1S/C61H78P2/c1-12-31-61(44(10)11,59(53-27-23-21-24-28-53)62(55-36-45(13-2)32-46(14-3)37-55)56-38-47(15-4)33-48(16-5)39-56)60(54-29-25-22-26-30-54)63(57-40-49(17-6)34-50(18-7)41-57)58-42-51(19-8)35-52(20-9)43-58/h21-30,32-44,59-60H,12-20,31H2,1-11H3. The Balaban J connectivity index is 1.87. The maximum absolute atomic E-state index is 2.64. The molecule has 0 spiro atoms. The lowest BCUT2D eigenvalue weighted by Crippen LogP contribution is -2.43. The second-order valence-corrected chi connectivity index (χ2v) is 22.8. The molecular weight excluding hydrogens is 795 g/mol. The summed E-state index contributed by atoms with van der Waals surface area (Å²) < 4.78 is 0. The average Bonchev–Trinajstić information content (AvgIpc) is 3.33. The Morgan fingerprint density at radius 3 is 0.778 bits per heavy atom. The van der Waals surface area contributed by atoms with Crippen molar-refractivity contribution in [1.29, 1.82) is 0 Å². The van der Waals surface area contributed by atoms with Crippen molar-refractivity contribution >= 4 is 37.1 Å². The van der Waals surface area contributed by atoms with Crippen molar-refractivity contribution in [2.24, 2.45) is 11.3 Å². The maximum atomic E-state index is 2.64. The summed E-state index contributed by atoms with van der Waals surface area (Å²) in [5.41, 5.74) is 15.0. The molecule has 2 heteroatoms. The average molecular weight is 873 g/mol. The third kappa shape index (κ3) is 10.8. The second kappa shape index (κ2) is 22.9. The smallest absolute Gasteiger partial charge is 0.0190 e. The largest absolute Gasteiger partial charge is 0.0654 e. The first-order valence-electron chi connectivity index (χ1n) is 24.8. The highest BCUT2D eigenvalue weighted by Gasteiger charge is 2.54. The van der Waals surface area contributed by atoms with E-state index in [4.69, 9.17) is 0 Å². The predicted molar refractivity (Wildman–Crippen MR) is 284 cm³/mol. The first-order chi connectivity index (χ1) is 30.6. The van der Waals surface area contributed by atoms with Gasteiger partial charge in [0.2, 0.25) is 0 Å². The summed E-state index contributed by atoms with van der Waals surface area (Å²) >= 11 is 0. The Labute approximate surface area is 387 Å². The molecule has 0 N–H and O–H groups in total. The summed E-state index contributed by atoms with van der Waals surface area (Å²) in [7, 11) is -1.84. The van der Waals surface area contributed by atoms with E-state index in [0.717, 1.165) is 64.2 Å². The minimum atomic E-state index is -0.922. The Kier molecular flexibility index (Phi) is 17.7. The normalized spacial score (nSPS) is 13.7. The molecule has 0 saturated heterocycles. The van der Waals surface area contributed by atoms with Gasteiger partial charge in [-0.2, -0.15) is 0 Å². The van der Waals surface area contributed by atoms with Crippen LogP contribution in [0.4, 0.5) is 0 Å². The van der Waals surface area contributed by atoms with Crippen LogP contribution in [0, 0.1) is 11.3 Å². The minimum Gasteiger partial charge on any atom is -0.0654 e. The summed E-state index contributed by atoms with van der Waals surface area (Å²) in [6, 6.07) is 55.0. The van der Waals surface area contributed by atoms with Crippen molar-refractivity contribution in [1.82, 2.24) is 0 Å². The van der Waals surface area contributed by atoms with Gasteiger partial charge in [-0.15, -0.1) is 0 Å². The van der Waals surface area contributed by atoms with Gasteiger partial charge in [0, 0.05) is 11.3 Å². The molecule has 0 aliphatic rings. The van der Waals surface area contributed by atoms with Crippen LogP contribution in [-0.2, 0) is 51.4 Å². The van der Waals surface area contributed by atoms with Gasteiger partial charge in [0.15, 0.2) is 0 Å². The Bertz CT molecular complexity index is 2000. The van der Waals surface area contributed by atoms with Crippen molar-refractivity contribution in [3.8, 4) is 0 Å². The fourth-order valence-corrected chi connectivity index (χ4v) is 17.9. The number of benzene rings is 6. The third-order valence-electron chi connectivity index (χ3n) is 14.1. The van der Waals surface area contributed by atoms with E-state index >= 15 is 0 Å². The summed E-state index contributed by atoms with van der Waals surface area (Å²) in [5, 5.41) is 6.19. The van der Waals surface area contributed by atoms with E-state index in [-0.39, 0.29) is 16.7 Å². The van der Waals surface area contributed by atoms with Gasteiger partial charge in [0.25, 0.3) is 0 Å². The van der Waals surface area contributed by atoms with Crippen LogP contribution in [0.1, 0.15) is 156 Å². The predicted octanol–water partition coefficient (Wildman–Crippen LogP) is 15.7. The van der Waals surface area contributed by atoms with Crippen LogP contribution in [0.3, 0.4) is 0 Å². The van der Waals surface area contributed by atoms with Gasteiger partial charge in [-0.1, -0.05) is 216 Å². The zero-order valence-corrected chi connectivity index (χ0v) is 42.7. The monoisotopic (exact) mass is 873 g/mol. The van der Waals surface area contributed by atoms with Gasteiger partial charge in [-0.25, -0.2) is 0 Å². The SMILES string of the molecule is CCCC(C(C)C)(C(c1ccccc1)P(c1cc(CC)cc(CC)c1)c1cc(CC)cc(CC)c1)C(c1ccccc1)P(c1cc(CC)cc(CC)c1)c1cc(CC)cc(CC)c1. The van der Waals surface area contributed by atoms with E-state index < -0.39 is 15.8 Å². The van der Waals surface area contributed by atoms with Crippen LogP contribution in [-0.4, -0.2) is 0 Å². The van der Waals surface area contributed by atoms with E-state index in [0.29, 0.717) is 5.92 Å². The Hall–Kier alpha value is -3.82. The lowest BCUT2D eigenvalue weighted by atomic mass is 9.65. The number of rotatable bonds is 21. The minimum absolute atomic E-state index is 0.152. The van der Waals surface area contributed by atoms with Crippen LogP contribution in [0.5, 0.6) is 0 Å². The molecule has 0 bridgehead atoms. The molecule has 0 saturated carbocycles. The lowest BCUT2D eigenvalue weighted by Gasteiger charge is -2.55. The van der Waals surface area contributed by atoms with Crippen molar-refractivity contribution in [2.75, 3.05) is 0 Å². The molecule has 2 unspecified atom stereocenters. The molecule has 332 valence electrons. The van der Waals surface area contributed by atoms with Crippen LogP contribution >= 0.6 is 15.8 Å². The van der Waals surface area contributed by atoms with Crippen LogP contribution < -0.4 is 21.2 Å². The van der Waals surface area contributed by atoms with E-state index in [1.807, 2.05) is 0 Å². The molecule has 0 aromatic heterocycles. The van der Waals surface area contributed by atoms with Gasteiger partial charge in [0.1, 0.15) is 0 Å². The summed E-state index contributed by atoms with van der Waals surface area (Å²) in [6.45, 7) is 26.5. The van der Waals surface area contributed by atoms with Gasteiger partial charge in [-0.05, 0) is 162 Å². The van der Waals surface area contributed by atoms with Crippen molar-refractivity contribution in [3.05, 3.63) is 189 Å². The van der Waals surface area contributed by atoms with Crippen molar-refractivity contribution < 1.29 is 0 Å². The van der Waals surface area contributed by atoms with Gasteiger partial charge in [0.05, 0.1) is 0 Å². The van der Waals surface area contributed by atoms with Crippen LogP contribution in [0.2, 0.25) is 0 Å². The van der Waals surface area contributed by atoms with E-state index in [9.17, 15) is 0 Å². The zero-order chi connectivity index (χ0) is 45.1. The zero-order valence-electron chi connectivity index (χ0n) is 40.9. The van der Waals surface area contributed by atoms with Crippen molar-refractivity contribution in [3.63, 3.8) is 0 Å². The summed E-state index contributed by atoms with van der Waals surface area (Å²) in [4.78, 5) is 0. The first-order valence-corrected chi connectivity index (χ1v) is 27.6. The highest BCUT2D eigenvalue weighted by molar-refractivity contribution is 7.74. The third-order valence-corrected chi connectivity index (χ3v) is 19.9. The van der Waals surface area contributed by atoms with E-state index in [2.05, 4.69) is 210 Å². The van der Waals surface area contributed by atoms with Gasteiger partial charge in [-0.3, -0.25) is 0 Å². The topological polar surface area (TPSA) is 0 Å². The quantitative estimate of drug-likeness (QED) is 0.0632. The maximum Gasteiger partial charge on any atom is 0.0190 e. The van der Waals surface area contributed by atoms with Gasteiger partial charge >= 0.3 is 0 Å². The molecule has 0 radical (unpaired) electrons. The number of aryl methyl sites for hydroxylation is 8. The Morgan fingerprint density at radius 1 is 0.349 bits per heavy atom. The highest BCUT2D eigenvalue weighted by atomic mass is 31.1. The molecule has 0 aliphatic carbocycles. The van der Waals surface area contributed by atoms with E-state index in [1.54, 1.807) is 21.2 Å². The fourth-order valence-electron chi connectivity index (χ4n) is 10.5. The van der Waals surface area contributed by atoms with Crippen LogP contribution in [0.25, 0.3) is 0 Å². The molecule has 63 heavy (non-hydrogen) atoms. The summed E-state index contributed by atoms with van der Waals surface area (Å²) in [5.74, 6) is 0.364. The first kappa shape index (κ1) is 48.6. The van der Waals surface area contributed by atoms with Crippen LogP contribution in [0.15, 0.2) is 133 Å². The second-order valence-electron chi connectivity index (χ2n) is 18.2. The molecule has 0 fully saturated rings. The molecule has 0 amide bonds. The van der Waals surface area contributed by atoms with Crippen molar-refractivity contribution in [2.45, 2.75) is 152 Å². The number of hydrogen-bond donors (Lipinski definition) is 0. The molecular formula is C61H78P2. The molecule has 0 aliphatic heterocycles. The summed E-state index contributed by atoms with van der Waals surface area (Å²) in [6.07, 6.45) is 10.6. The molecule has 6 aromatic rings. The fraction of sp³-hybridized carbons (Fsp3) is 0.410. The number of hydrogen-bond acceptors (Lipinski definition) is 0. The highest BCUT2D eigenvalue weighted by Crippen LogP contribution is 2.73. The van der Waals surface area contributed by atoms with Gasteiger partial charge < -0.3 is 0 Å². The Morgan fingerprint density at radius 2 is 0.587 bits per heavy atom.